The number of hydrogen-bond acceptors (Lipinski definition) is 5. The highest BCUT2D eigenvalue weighted by Crippen LogP contribution is 2.25. The summed E-state index contributed by atoms with van der Waals surface area (Å²) in [4.78, 5) is 14.5. The number of aryl methyl sites for hydroxylation is 2. The molecule has 7 nitrogen and oxygen atoms in total. The molecule has 2 atom stereocenters. The van der Waals surface area contributed by atoms with Crippen molar-refractivity contribution in [1.29, 1.82) is 0 Å². The van der Waals surface area contributed by atoms with E-state index in [0.717, 1.165) is 18.4 Å². The van der Waals surface area contributed by atoms with Gasteiger partial charge in [0.2, 0.25) is 0 Å². The van der Waals surface area contributed by atoms with E-state index in [0.29, 0.717) is 18.0 Å². The van der Waals surface area contributed by atoms with Gasteiger partial charge in [-0.05, 0) is 25.3 Å². The maximum Gasteiger partial charge on any atom is 0.276 e. The molecule has 0 radical (unpaired) electrons. The fourth-order valence-electron chi connectivity index (χ4n) is 3.03. The molecule has 3 rings (SSSR count). The molecule has 1 fully saturated rings. The average Bonchev–Trinajstić information content (AvgIpc) is 3.19. The van der Waals surface area contributed by atoms with Crippen molar-refractivity contribution in [2.24, 2.45) is 7.05 Å². The van der Waals surface area contributed by atoms with Gasteiger partial charge in [-0.25, -0.2) is 0 Å². The SMILES string of the molecule is CO[C@H]1CCN(C(=O)c2cc(C)on2)[C@@H]1Cc1cnn(C)c1. The van der Waals surface area contributed by atoms with Crippen LogP contribution in [0, 0.1) is 6.92 Å². The lowest BCUT2D eigenvalue weighted by Gasteiger charge is -2.26. The summed E-state index contributed by atoms with van der Waals surface area (Å²) in [5.41, 5.74) is 1.44. The molecule has 118 valence electrons. The van der Waals surface area contributed by atoms with Gasteiger partial charge in [0, 0.05) is 33.0 Å². The summed E-state index contributed by atoms with van der Waals surface area (Å²) in [6.07, 6.45) is 5.36. The van der Waals surface area contributed by atoms with Crippen molar-refractivity contribution in [3.05, 3.63) is 35.5 Å². The number of hydrogen-bond donors (Lipinski definition) is 0. The Morgan fingerprint density at radius 3 is 2.95 bits per heavy atom. The Kier molecular flexibility index (Phi) is 3.98. The zero-order chi connectivity index (χ0) is 15.7. The molecule has 2 aromatic heterocycles. The average molecular weight is 304 g/mol. The monoisotopic (exact) mass is 304 g/mol. The van der Waals surface area contributed by atoms with E-state index in [9.17, 15) is 4.79 Å². The van der Waals surface area contributed by atoms with E-state index in [4.69, 9.17) is 9.26 Å². The van der Waals surface area contributed by atoms with Gasteiger partial charge >= 0.3 is 0 Å². The van der Waals surface area contributed by atoms with Crippen molar-refractivity contribution in [3.63, 3.8) is 0 Å². The predicted molar refractivity (Wildman–Crippen MR) is 78.4 cm³/mol. The molecule has 1 aliphatic heterocycles. The van der Waals surface area contributed by atoms with E-state index in [1.807, 2.05) is 24.3 Å². The van der Waals surface area contributed by atoms with Gasteiger partial charge in [0.05, 0.1) is 18.3 Å². The molecule has 0 aliphatic carbocycles. The predicted octanol–water partition coefficient (Wildman–Crippen LogP) is 1.19. The topological polar surface area (TPSA) is 73.4 Å². The normalized spacial score (nSPS) is 21.5. The minimum absolute atomic E-state index is 0.0151. The number of carbonyl (C=O) groups is 1. The Hall–Kier alpha value is -2.15. The van der Waals surface area contributed by atoms with Gasteiger partial charge in [-0.15, -0.1) is 0 Å². The smallest absolute Gasteiger partial charge is 0.276 e. The van der Waals surface area contributed by atoms with Crippen LogP contribution in [0.15, 0.2) is 23.0 Å². The van der Waals surface area contributed by atoms with E-state index in [1.165, 1.54) is 0 Å². The Labute approximate surface area is 128 Å². The molecule has 22 heavy (non-hydrogen) atoms. The summed E-state index contributed by atoms with van der Waals surface area (Å²) in [5.74, 6) is 0.528. The number of likely N-dealkylation sites (tertiary alicyclic amines) is 1. The molecule has 7 heteroatoms. The third-order valence-electron chi connectivity index (χ3n) is 4.10. The lowest BCUT2D eigenvalue weighted by Crippen LogP contribution is -2.41. The van der Waals surface area contributed by atoms with Gasteiger partial charge in [0.1, 0.15) is 5.76 Å². The molecule has 1 amide bonds. The van der Waals surface area contributed by atoms with Crippen LogP contribution in [0.2, 0.25) is 0 Å². The third-order valence-corrected chi connectivity index (χ3v) is 4.10. The first-order valence-corrected chi connectivity index (χ1v) is 7.33. The Bertz CT molecular complexity index is 663. The van der Waals surface area contributed by atoms with Gasteiger partial charge in [0.25, 0.3) is 5.91 Å². The summed E-state index contributed by atoms with van der Waals surface area (Å²) >= 11 is 0. The van der Waals surface area contributed by atoms with Crippen LogP contribution in [0.25, 0.3) is 0 Å². The van der Waals surface area contributed by atoms with Crippen LogP contribution in [0.4, 0.5) is 0 Å². The summed E-state index contributed by atoms with van der Waals surface area (Å²) in [6, 6.07) is 1.66. The van der Waals surface area contributed by atoms with E-state index >= 15 is 0 Å². The van der Waals surface area contributed by atoms with Crippen LogP contribution in [-0.4, -0.2) is 51.5 Å². The summed E-state index contributed by atoms with van der Waals surface area (Å²) in [5, 5.41) is 8.02. The number of rotatable bonds is 4. The molecule has 0 N–H and O–H groups in total. The zero-order valence-corrected chi connectivity index (χ0v) is 13.0. The maximum atomic E-state index is 12.7. The van der Waals surface area contributed by atoms with Gasteiger partial charge < -0.3 is 14.2 Å². The molecule has 3 heterocycles. The minimum atomic E-state index is -0.106. The largest absolute Gasteiger partial charge is 0.379 e. The molecule has 0 saturated carbocycles. The molecule has 0 unspecified atom stereocenters. The van der Waals surface area contributed by atoms with E-state index in [1.54, 1.807) is 24.8 Å². The van der Waals surface area contributed by atoms with Crippen LogP contribution < -0.4 is 0 Å². The van der Waals surface area contributed by atoms with E-state index < -0.39 is 0 Å². The first kappa shape index (κ1) is 14.8. The first-order chi connectivity index (χ1) is 10.6. The standard InChI is InChI=1S/C15H20N4O3/c1-10-6-12(17-22-10)15(20)19-5-4-14(21-3)13(19)7-11-8-16-18(2)9-11/h6,8-9,13-14H,4-5,7H2,1-3H3/t13-,14+/m1/s1. The fourth-order valence-corrected chi connectivity index (χ4v) is 3.03. The lowest BCUT2D eigenvalue weighted by atomic mass is 10.0. The molecule has 1 saturated heterocycles. The van der Waals surface area contributed by atoms with Crippen molar-refractivity contribution in [2.45, 2.75) is 31.9 Å². The molecular formula is C15H20N4O3. The van der Waals surface area contributed by atoms with Gasteiger partial charge in [0.15, 0.2) is 5.69 Å². The first-order valence-electron chi connectivity index (χ1n) is 7.33. The van der Waals surface area contributed by atoms with Gasteiger partial charge in [-0.2, -0.15) is 5.10 Å². The summed E-state index contributed by atoms with van der Waals surface area (Å²) < 4.78 is 12.3. The Morgan fingerprint density at radius 1 is 1.55 bits per heavy atom. The van der Waals surface area contributed by atoms with Crippen LogP contribution in [0.3, 0.4) is 0 Å². The number of nitrogens with zero attached hydrogens (tertiary/aromatic N) is 4. The Morgan fingerprint density at radius 2 is 2.36 bits per heavy atom. The van der Waals surface area contributed by atoms with E-state index in [2.05, 4.69) is 10.3 Å². The second-order valence-corrected chi connectivity index (χ2v) is 5.68. The van der Waals surface area contributed by atoms with Crippen molar-refractivity contribution >= 4 is 5.91 Å². The summed E-state index contributed by atoms with van der Waals surface area (Å²) in [6.45, 7) is 2.44. The highest BCUT2D eigenvalue weighted by molar-refractivity contribution is 5.92. The van der Waals surface area contributed by atoms with Gasteiger partial charge in [-0.1, -0.05) is 5.16 Å². The lowest BCUT2D eigenvalue weighted by molar-refractivity contribution is 0.0502. The Balaban J connectivity index is 1.81. The number of carbonyl (C=O) groups excluding carboxylic acids is 1. The van der Waals surface area contributed by atoms with Crippen molar-refractivity contribution in [1.82, 2.24) is 19.8 Å². The molecular weight excluding hydrogens is 284 g/mol. The number of amides is 1. The second kappa shape index (κ2) is 5.92. The van der Waals surface area contributed by atoms with Crippen LogP contribution >= 0.6 is 0 Å². The number of ether oxygens (including phenoxy) is 1. The maximum absolute atomic E-state index is 12.7. The molecule has 1 aliphatic rings. The molecule has 0 spiro atoms. The van der Waals surface area contributed by atoms with Crippen molar-refractivity contribution < 1.29 is 14.1 Å². The van der Waals surface area contributed by atoms with Gasteiger partial charge in [-0.3, -0.25) is 9.48 Å². The third kappa shape index (κ3) is 2.76. The van der Waals surface area contributed by atoms with Crippen LogP contribution in [0.5, 0.6) is 0 Å². The van der Waals surface area contributed by atoms with Crippen LogP contribution in [0.1, 0.15) is 28.2 Å². The second-order valence-electron chi connectivity index (χ2n) is 5.68. The number of methoxy groups -OCH3 is 1. The van der Waals surface area contributed by atoms with E-state index in [-0.39, 0.29) is 18.1 Å². The number of aromatic nitrogens is 3. The van der Waals surface area contributed by atoms with Crippen LogP contribution in [-0.2, 0) is 18.2 Å². The quantitative estimate of drug-likeness (QED) is 0.848. The molecule has 0 aromatic carbocycles. The highest BCUT2D eigenvalue weighted by atomic mass is 16.5. The fraction of sp³-hybridized carbons (Fsp3) is 0.533. The molecule has 0 bridgehead atoms. The van der Waals surface area contributed by atoms with Crippen molar-refractivity contribution in [2.75, 3.05) is 13.7 Å². The van der Waals surface area contributed by atoms with Crippen molar-refractivity contribution in [3.8, 4) is 0 Å². The zero-order valence-electron chi connectivity index (χ0n) is 13.0. The highest BCUT2D eigenvalue weighted by Gasteiger charge is 2.38. The molecule has 2 aromatic rings. The minimum Gasteiger partial charge on any atom is -0.379 e. The summed E-state index contributed by atoms with van der Waals surface area (Å²) in [7, 11) is 3.57.